The van der Waals surface area contributed by atoms with Crippen molar-refractivity contribution in [3.63, 3.8) is 0 Å². The van der Waals surface area contributed by atoms with E-state index in [0.29, 0.717) is 11.4 Å². The molecule has 2 aromatic carbocycles. The number of carboxylic acid groups (broad SMARTS) is 1. The minimum absolute atomic E-state index is 0.111. The van der Waals surface area contributed by atoms with Crippen molar-refractivity contribution in [2.45, 2.75) is 108 Å². The number of nitrogens with zero attached hydrogens (tertiary/aromatic N) is 5. The molecule has 20 heteroatoms. The molecule has 0 bridgehead atoms. The third-order valence-corrected chi connectivity index (χ3v) is 12.2. The number of hydrogen-bond donors (Lipinski definition) is 5. The third kappa shape index (κ3) is 11.1. The van der Waals surface area contributed by atoms with E-state index in [1.54, 1.807) is 11.9 Å². The second kappa shape index (κ2) is 18.7. The maximum absolute atomic E-state index is 12.8. The summed E-state index contributed by atoms with van der Waals surface area (Å²) in [5, 5.41) is 21.1. The molecule has 18 nitrogen and oxygen atoms in total. The first-order valence-electron chi connectivity index (χ1n) is 19.4. The number of rotatable bonds is 13. The van der Waals surface area contributed by atoms with Gasteiger partial charge in [0.25, 0.3) is 26.0 Å². The summed E-state index contributed by atoms with van der Waals surface area (Å²) in [5.41, 5.74) is 4.59. The van der Waals surface area contributed by atoms with Gasteiger partial charge in [-0.3, -0.25) is 14.2 Å². The van der Waals surface area contributed by atoms with Crippen molar-refractivity contribution in [3.05, 3.63) is 82.2 Å². The topological polar surface area (TPSA) is 244 Å². The van der Waals surface area contributed by atoms with E-state index < -0.39 is 43.1 Å². The molecular weight excluding hydrogens is 815 g/mol. The zero-order chi connectivity index (χ0) is 45.0. The quantitative estimate of drug-likeness (QED) is 0.100. The first kappa shape index (κ1) is 46.9. The number of carbonyl (C=O) groups is 4. The van der Waals surface area contributed by atoms with Crippen LogP contribution in [0.5, 0.6) is 0 Å². The molecular formula is C40H55N9O9S2. The SMILES string of the molecule is CC(C)c1cccc(C(C)C)c1NC(=O)NS(=O)(=O)c1cc(C(=O)N(C)C2CC2)n(C)n1.CC(C)c1cccc(C(C)C)c1NC(=O)NS(=O)(=O)c1cc(C(=O)O)n(C)n1. The van der Waals surface area contributed by atoms with Crippen LogP contribution >= 0.6 is 0 Å². The van der Waals surface area contributed by atoms with Crippen LogP contribution in [0.25, 0.3) is 0 Å². The Bertz CT molecular complexity index is 2430. The number of amides is 5. The van der Waals surface area contributed by atoms with Crippen LogP contribution in [0, 0.1) is 0 Å². The van der Waals surface area contributed by atoms with Crippen LogP contribution in [-0.2, 0) is 34.1 Å². The van der Waals surface area contributed by atoms with Gasteiger partial charge in [-0.1, -0.05) is 91.8 Å². The van der Waals surface area contributed by atoms with Crippen molar-refractivity contribution in [3.8, 4) is 0 Å². The molecule has 0 atom stereocenters. The predicted octanol–water partition coefficient (Wildman–Crippen LogP) is 6.29. The Hall–Kier alpha value is -5.76. The Morgan fingerprint density at radius 1 is 0.650 bits per heavy atom. The molecule has 60 heavy (non-hydrogen) atoms. The van der Waals surface area contributed by atoms with E-state index in [9.17, 15) is 36.0 Å². The minimum Gasteiger partial charge on any atom is -0.477 e. The first-order chi connectivity index (χ1) is 27.9. The molecule has 1 fully saturated rings. The van der Waals surface area contributed by atoms with Crippen LogP contribution in [0.3, 0.4) is 0 Å². The molecule has 1 saturated carbocycles. The zero-order valence-electron chi connectivity index (χ0n) is 35.7. The average molecular weight is 870 g/mol. The molecule has 5 amide bonds. The lowest BCUT2D eigenvalue weighted by atomic mass is 9.93. The van der Waals surface area contributed by atoms with Crippen LogP contribution < -0.4 is 20.1 Å². The molecule has 5 rings (SSSR count). The third-order valence-electron chi connectivity index (χ3n) is 9.80. The number of urea groups is 2. The van der Waals surface area contributed by atoms with Crippen LogP contribution in [-0.4, -0.2) is 83.4 Å². The van der Waals surface area contributed by atoms with Gasteiger partial charge >= 0.3 is 18.0 Å². The molecule has 0 spiro atoms. The summed E-state index contributed by atoms with van der Waals surface area (Å²) >= 11 is 0. The summed E-state index contributed by atoms with van der Waals surface area (Å²) in [4.78, 5) is 50.4. The summed E-state index contributed by atoms with van der Waals surface area (Å²) in [6, 6.07) is 11.8. The Kier molecular flexibility index (Phi) is 14.6. The predicted molar refractivity (Wildman–Crippen MR) is 226 cm³/mol. The Morgan fingerprint density at radius 2 is 0.983 bits per heavy atom. The van der Waals surface area contributed by atoms with Crippen molar-refractivity contribution in [2.75, 3.05) is 17.7 Å². The number of carbonyl (C=O) groups excluding carboxylic acids is 3. The summed E-state index contributed by atoms with van der Waals surface area (Å²) < 4.78 is 56.5. The Labute approximate surface area is 351 Å². The van der Waals surface area contributed by atoms with Gasteiger partial charge in [0.1, 0.15) is 11.4 Å². The van der Waals surface area contributed by atoms with E-state index in [0.717, 1.165) is 45.8 Å². The van der Waals surface area contributed by atoms with E-state index in [1.165, 1.54) is 24.8 Å². The molecule has 0 radical (unpaired) electrons. The molecule has 2 aromatic heterocycles. The van der Waals surface area contributed by atoms with Gasteiger partial charge in [-0.05, 0) is 58.8 Å². The van der Waals surface area contributed by atoms with Gasteiger partial charge in [0.05, 0.1) is 0 Å². The number of carboxylic acids is 1. The number of anilines is 2. The van der Waals surface area contributed by atoms with E-state index in [1.807, 2.05) is 101 Å². The van der Waals surface area contributed by atoms with Gasteiger partial charge in [0, 0.05) is 50.7 Å². The second-order valence-corrected chi connectivity index (χ2v) is 19.1. The van der Waals surface area contributed by atoms with E-state index in [-0.39, 0.29) is 52.0 Å². The summed E-state index contributed by atoms with van der Waals surface area (Å²) in [7, 11) is -4.13. The highest BCUT2D eigenvalue weighted by atomic mass is 32.2. The number of aryl methyl sites for hydroxylation is 2. The largest absolute Gasteiger partial charge is 0.477 e. The fourth-order valence-electron chi connectivity index (χ4n) is 6.37. The monoisotopic (exact) mass is 869 g/mol. The van der Waals surface area contributed by atoms with Crippen molar-refractivity contribution in [1.29, 1.82) is 0 Å². The highest BCUT2D eigenvalue weighted by Crippen LogP contribution is 2.34. The fourth-order valence-corrected chi connectivity index (χ4v) is 8.16. The van der Waals surface area contributed by atoms with Crippen LogP contribution in [0.15, 0.2) is 58.6 Å². The molecule has 326 valence electrons. The van der Waals surface area contributed by atoms with Gasteiger partial charge < -0.3 is 20.6 Å². The summed E-state index contributed by atoms with van der Waals surface area (Å²) in [5.74, 6) is -1.14. The second-order valence-electron chi connectivity index (χ2n) is 15.8. The number of benzene rings is 2. The smallest absolute Gasteiger partial charge is 0.354 e. The number of hydrogen-bond acceptors (Lipinski definition) is 10. The number of sulfonamides is 2. The van der Waals surface area contributed by atoms with E-state index >= 15 is 0 Å². The van der Waals surface area contributed by atoms with Crippen LogP contribution in [0.1, 0.15) is 135 Å². The van der Waals surface area contributed by atoms with Gasteiger partial charge in [-0.25, -0.2) is 23.8 Å². The molecule has 1 aliphatic rings. The lowest BCUT2D eigenvalue weighted by molar-refractivity contribution is 0.0684. The van der Waals surface area contributed by atoms with E-state index in [4.69, 9.17) is 5.11 Å². The lowest BCUT2D eigenvalue weighted by Crippen LogP contribution is -2.35. The maximum Gasteiger partial charge on any atom is 0.354 e. The fraction of sp³-hybridized carbons (Fsp3) is 0.450. The van der Waals surface area contributed by atoms with Crippen molar-refractivity contribution in [2.24, 2.45) is 14.1 Å². The number of aromatic carboxylic acids is 1. The lowest BCUT2D eigenvalue weighted by Gasteiger charge is -2.20. The minimum atomic E-state index is -4.34. The Morgan fingerprint density at radius 3 is 1.28 bits per heavy atom. The highest BCUT2D eigenvalue weighted by molar-refractivity contribution is 7.90. The molecule has 0 aliphatic heterocycles. The number of nitrogens with one attached hydrogen (secondary N) is 4. The number of para-hydroxylation sites is 2. The van der Waals surface area contributed by atoms with E-state index in [2.05, 4.69) is 20.8 Å². The van der Waals surface area contributed by atoms with Crippen molar-refractivity contribution in [1.82, 2.24) is 33.9 Å². The van der Waals surface area contributed by atoms with Gasteiger partial charge in [-0.15, -0.1) is 0 Å². The number of aromatic nitrogens is 4. The standard InChI is InChI=1S/C22H31N5O4S.C18H24N4O5S/c1-13(2)16-8-7-9-17(14(3)4)20(16)23-22(29)25-32(30,31)19-12-18(27(6)24-19)21(28)26(5)15-10-11-15;1-10(2)12-7-6-8-13(11(3)4)16(12)19-18(25)21-28(26,27)15-9-14(17(23)24)22(5)20-15/h7-9,12-15H,10-11H2,1-6H3,(H2,23,25,29);6-11H,1-5H3,(H,23,24)(H2,19,21,25). The molecule has 2 heterocycles. The summed E-state index contributed by atoms with van der Waals surface area (Å²) in [6.07, 6.45) is 1.87. The maximum atomic E-state index is 12.8. The van der Waals surface area contributed by atoms with Crippen LogP contribution in [0.4, 0.5) is 21.0 Å². The van der Waals surface area contributed by atoms with Crippen molar-refractivity contribution >= 4 is 55.4 Å². The molecule has 5 N–H and O–H groups in total. The highest BCUT2D eigenvalue weighted by Gasteiger charge is 2.33. The molecule has 1 aliphatic carbocycles. The average Bonchev–Trinajstić information content (AvgIpc) is 3.79. The first-order valence-corrected chi connectivity index (χ1v) is 22.3. The van der Waals surface area contributed by atoms with Crippen molar-refractivity contribution < 1.29 is 41.1 Å². The molecule has 0 unspecified atom stereocenters. The van der Waals surface area contributed by atoms with Gasteiger partial charge in [0.2, 0.25) is 0 Å². The van der Waals surface area contributed by atoms with Gasteiger partial charge in [0.15, 0.2) is 10.1 Å². The zero-order valence-corrected chi connectivity index (χ0v) is 37.3. The summed E-state index contributed by atoms with van der Waals surface area (Å²) in [6.45, 7) is 15.9. The van der Waals surface area contributed by atoms with Gasteiger partial charge in [-0.2, -0.15) is 27.0 Å². The van der Waals surface area contributed by atoms with Crippen LogP contribution in [0.2, 0.25) is 0 Å². The Balaban J connectivity index is 0.000000267. The molecule has 4 aromatic rings. The normalized spacial score (nSPS) is 12.9. The molecule has 0 saturated heterocycles.